The first-order valence-corrected chi connectivity index (χ1v) is 6.89. The zero-order chi connectivity index (χ0) is 11.5. The van der Waals surface area contributed by atoms with E-state index in [1.807, 2.05) is 11.3 Å². The lowest BCUT2D eigenvalue weighted by Gasteiger charge is -2.27. The number of nitrogens with zero attached hydrogens (tertiary/aromatic N) is 1. The highest BCUT2D eigenvalue weighted by atomic mass is 32.1. The molecule has 1 aliphatic heterocycles. The second-order valence-electron chi connectivity index (χ2n) is 4.60. The number of aromatic nitrogens is 1. The first kappa shape index (κ1) is 12.0. The Morgan fingerprint density at radius 3 is 2.62 bits per heavy atom. The number of aryl methyl sites for hydroxylation is 2. The highest BCUT2D eigenvalue weighted by Gasteiger charge is 2.18. The van der Waals surface area contributed by atoms with Crippen molar-refractivity contribution < 1.29 is 0 Å². The molecule has 1 saturated heterocycles. The Hall–Kier alpha value is -0.450. The molecule has 1 aromatic heterocycles. The third-order valence-corrected chi connectivity index (χ3v) is 4.41. The molecule has 1 atom stereocenters. The fourth-order valence-electron chi connectivity index (χ4n) is 2.37. The Morgan fingerprint density at radius 2 is 2.06 bits per heavy atom. The molecule has 1 unspecified atom stereocenters. The molecule has 0 spiro atoms. The van der Waals surface area contributed by atoms with Crippen molar-refractivity contribution in [2.45, 2.75) is 45.7 Å². The summed E-state index contributed by atoms with van der Waals surface area (Å²) in [6.45, 7) is 8.73. The average molecular weight is 239 g/mol. The van der Waals surface area contributed by atoms with Gasteiger partial charge in [0.05, 0.1) is 10.7 Å². The highest BCUT2D eigenvalue weighted by molar-refractivity contribution is 7.11. The molecule has 0 radical (unpaired) electrons. The van der Waals surface area contributed by atoms with Crippen molar-refractivity contribution in [1.29, 1.82) is 0 Å². The molecule has 0 amide bonds. The van der Waals surface area contributed by atoms with Gasteiger partial charge < -0.3 is 10.6 Å². The minimum Gasteiger partial charge on any atom is -0.317 e. The van der Waals surface area contributed by atoms with Gasteiger partial charge in [-0.3, -0.25) is 0 Å². The molecule has 90 valence electrons. The predicted octanol–water partition coefficient (Wildman–Crippen LogP) is 2.16. The van der Waals surface area contributed by atoms with Crippen LogP contribution in [0.4, 0.5) is 0 Å². The summed E-state index contributed by atoms with van der Waals surface area (Å²) < 4.78 is 0. The minimum absolute atomic E-state index is 0.439. The van der Waals surface area contributed by atoms with Gasteiger partial charge in [-0.15, -0.1) is 11.3 Å². The molecule has 2 heterocycles. The van der Waals surface area contributed by atoms with Gasteiger partial charge in [0.15, 0.2) is 0 Å². The Balaban J connectivity index is 1.96. The van der Waals surface area contributed by atoms with E-state index in [0.29, 0.717) is 12.1 Å². The molecule has 1 aromatic rings. The molecule has 0 bridgehead atoms. The van der Waals surface area contributed by atoms with Crippen LogP contribution in [-0.4, -0.2) is 24.1 Å². The fourth-order valence-corrected chi connectivity index (χ4v) is 3.31. The molecule has 0 saturated carbocycles. The molecule has 1 fully saturated rings. The lowest BCUT2D eigenvalue weighted by Crippen LogP contribution is -2.40. The van der Waals surface area contributed by atoms with Crippen LogP contribution >= 0.6 is 11.3 Å². The Bertz CT molecular complexity index is 342. The summed E-state index contributed by atoms with van der Waals surface area (Å²) in [5.74, 6) is 0. The molecular weight excluding hydrogens is 218 g/mol. The van der Waals surface area contributed by atoms with E-state index in [1.165, 1.54) is 28.4 Å². The SMILES string of the molecule is Cc1nc(C)c(C(C)NC2CCNCC2)s1. The summed E-state index contributed by atoms with van der Waals surface area (Å²) in [6.07, 6.45) is 2.47. The van der Waals surface area contributed by atoms with E-state index in [4.69, 9.17) is 0 Å². The van der Waals surface area contributed by atoms with E-state index < -0.39 is 0 Å². The molecule has 2 rings (SSSR count). The number of nitrogens with one attached hydrogen (secondary N) is 2. The Kier molecular flexibility index (Phi) is 3.95. The maximum Gasteiger partial charge on any atom is 0.0900 e. The van der Waals surface area contributed by atoms with E-state index in [-0.39, 0.29) is 0 Å². The number of hydrogen-bond acceptors (Lipinski definition) is 4. The summed E-state index contributed by atoms with van der Waals surface area (Å²) in [5, 5.41) is 8.29. The smallest absolute Gasteiger partial charge is 0.0900 e. The van der Waals surface area contributed by atoms with Gasteiger partial charge >= 0.3 is 0 Å². The third kappa shape index (κ3) is 2.81. The van der Waals surface area contributed by atoms with Crippen molar-refractivity contribution >= 4 is 11.3 Å². The maximum atomic E-state index is 4.49. The first-order chi connectivity index (χ1) is 7.66. The zero-order valence-electron chi connectivity index (χ0n) is 10.3. The van der Waals surface area contributed by atoms with E-state index >= 15 is 0 Å². The minimum atomic E-state index is 0.439. The van der Waals surface area contributed by atoms with Gasteiger partial charge in [-0.1, -0.05) is 0 Å². The summed E-state index contributed by atoms with van der Waals surface area (Å²) in [6, 6.07) is 1.10. The third-order valence-electron chi connectivity index (χ3n) is 3.16. The molecule has 1 aliphatic rings. The van der Waals surface area contributed by atoms with Crippen molar-refractivity contribution in [3.05, 3.63) is 15.6 Å². The lowest BCUT2D eigenvalue weighted by atomic mass is 10.1. The topological polar surface area (TPSA) is 37.0 Å². The number of rotatable bonds is 3. The normalized spacial score (nSPS) is 19.9. The zero-order valence-corrected chi connectivity index (χ0v) is 11.2. The fraction of sp³-hybridized carbons (Fsp3) is 0.750. The van der Waals surface area contributed by atoms with Crippen molar-refractivity contribution in [2.24, 2.45) is 0 Å². The van der Waals surface area contributed by atoms with Crippen LogP contribution in [0.1, 0.15) is 41.4 Å². The number of thiazole rings is 1. The Morgan fingerprint density at radius 1 is 1.38 bits per heavy atom. The predicted molar refractivity (Wildman–Crippen MR) is 69.0 cm³/mol. The van der Waals surface area contributed by atoms with Crippen LogP contribution in [0.15, 0.2) is 0 Å². The van der Waals surface area contributed by atoms with E-state index in [2.05, 4.69) is 36.4 Å². The number of hydrogen-bond donors (Lipinski definition) is 2. The molecule has 2 N–H and O–H groups in total. The molecular formula is C12H21N3S. The van der Waals surface area contributed by atoms with Gasteiger partial charge in [0, 0.05) is 17.0 Å². The van der Waals surface area contributed by atoms with Crippen molar-refractivity contribution in [3.63, 3.8) is 0 Å². The van der Waals surface area contributed by atoms with Crippen LogP contribution in [0.25, 0.3) is 0 Å². The summed E-state index contributed by atoms with van der Waals surface area (Å²) in [4.78, 5) is 5.89. The van der Waals surface area contributed by atoms with Gasteiger partial charge in [-0.05, 0) is 46.7 Å². The maximum absolute atomic E-state index is 4.49. The first-order valence-electron chi connectivity index (χ1n) is 6.07. The van der Waals surface area contributed by atoms with Crippen molar-refractivity contribution in [3.8, 4) is 0 Å². The average Bonchev–Trinajstić information content (AvgIpc) is 2.59. The number of piperidine rings is 1. The monoisotopic (exact) mass is 239 g/mol. The van der Waals surface area contributed by atoms with Gasteiger partial charge in [-0.25, -0.2) is 4.98 Å². The molecule has 3 nitrogen and oxygen atoms in total. The van der Waals surface area contributed by atoms with E-state index in [0.717, 1.165) is 13.1 Å². The summed E-state index contributed by atoms with van der Waals surface area (Å²) in [7, 11) is 0. The van der Waals surface area contributed by atoms with Crippen LogP contribution in [0.2, 0.25) is 0 Å². The second-order valence-corrected chi connectivity index (χ2v) is 5.83. The van der Waals surface area contributed by atoms with Gasteiger partial charge in [0.1, 0.15) is 0 Å². The Labute approximate surface area is 102 Å². The van der Waals surface area contributed by atoms with Gasteiger partial charge in [0.25, 0.3) is 0 Å². The van der Waals surface area contributed by atoms with E-state index in [9.17, 15) is 0 Å². The van der Waals surface area contributed by atoms with Crippen LogP contribution in [0.3, 0.4) is 0 Å². The molecule has 16 heavy (non-hydrogen) atoms. The van der Waals surface area contributed by atoms with Crippen molar-refractivity contribution in [2.75, 3.05) is 13.1 Å². The summed E-state index contributed by atoms with van der Waals surface area (Å²) >= 11 is 1.82. The van der Waals surface area contributed by atoms with Gasteiger partial charge in [0.2, 0.25) is 0 Å². The molecule has 4 heteroatoms. The van der Waals surface area contributed by atoms with Crippen LogP contribution in [0, 0.1) is 13.8 Å². The highest BCUT2D eigenvalue weighted by Crippen LogP contribution is 2.25. The largest absolute Gasteiger partial charge is 0.317 e. The quantitative estimate of drug-likeness (QED) is 0.849. The molecule has 0 aliphatic carbocycles. The van der Waals surface area contributed by atoms with Crippen LogP contribution in [0.5, 0.6) is 0 Å². The van der Waals surface area contributed by atoms with E-state index in [1.54, 1.807) is 0 Å². The van der Waals surface area contributed by atoms with Crippen LogP contribution < -0.4 is 10.6 Å². The summed E-state index contributed by atoms with van der Waals surface area (Å²) in [5.41, 5.74) is 1.19. The molecule has 0 aromatic carbocycles. The van der Waals surface area contributed by atoms with Crippen molar-refractivity contribution in [1.82, 2.24) is 15.6 Å². The lowest BCUT2D eigenvalue weighted by molar-refractivity contribution is 0.360. The second kappa shape index (κ2) is 5.25. The van der Waals surface area contributed by atoms with Crippen LogP contribution in [-0.2, 0) is 0 Å². The standard InChI is InChI=1S/C12H21N3S/c1-8-12(16-10(3)14-8)9(2)15-11-4-6-13-7-5-11/h9,11,13,15H,4-7H2,1-3H3. The van der Waals surface area contributed by atoms with Gasteiger partial charge in [-0.2, -0.15) is 0 Å².